The van der Waals surface area contributed by atoms with Crippen molar-refractivity contribution in [3.05, 3.63) is 29.8 Å². The fraction of sp³-hybridized carbons (Fsp3) is 0.429. The number of carboxylic acids is 2. The minimum Gasteiger partial charge on any atom is -0.508 e. The van der Waals surface area contributed by atoms with Gasteiger partial charge >= 0.3 is 11.9 Å². The predicted octanol–water partition coefficient (Wildman–Crippen LogP) is -3.47. The summed E-state index contributed by atoms with van der Waals surface area (Å²) < 4.78 is 0. The smallest absolute Gasteiger partial charge is 0.326 e. The number of benzene rings is 1. The van der Waals surface area contributed by atoms with E-state index in [-0.39, 0.29) is 12.2 Å². The number of aliphatic hydroxyl groups excluding tert-OH is 1. The first-order chi connectivity index (χ1) is 16.7. The van der Waals surface area contributed by atoms with Gasteiger partial charge in [0.25, 0.3) is 0 Å². The fourth-order valence-corrected chi connectivity index (χ4v) is 2.96. The average molecular weight is 511 g/mol. The molecule has 36 heavy (non-hydrogen) atoms. The van der Waals surface area contributed by atoms with Gasteiger partial charge in [0, 0.05) is 0 Å². The molecule has 1 aromatic rings. The number of carboxylic acid groups (broad SMARTS) is 2. The van der Waals surface area contributed by atoms with Gasteiger partial charge in [-0.3, -0.25) is 24.0 Å². The van der Waals surface area contributed by atoms with Crippen molar-refractivity contribution in [1.29, 1.82) is 0 Å². The third-order valence-corrected chi connectivity index (χ3v) is 4.82. The van der Waals surface area contributed by atoms with Gasteiger partial charge in [-0.1, -0.05) is 12.1 Å². The van der Waals surface area contributed by atoms with Crippen LogP contribution >= 0.6 is 0 Å². The zero-order chi connectivity index (χ0) is 27.6. The number of rotatable bonds is 14. The number of hydrogen-bond acceptors (Lipinski definition) is 9. The Morgan fingerprint density at radius 1 is 0.861 bits per heavy atom. The van der Waals surface area contributed by atoms with Crippen LogP contribution in [0.3, 0.4) is 0 Å². The average Bonchev–Trinajstić information content (AvgIpc) is 2.76. The van der Waals surface area contributed by atoms with Crippen molar-refractivity contribution in [2.45, 2.75) is 56.5 Å². The van der Waals surface area contributed by atoms with Gasteiger partial charge < -0.3 is 47.8 Å². The summed E-state index contributed by atoms with van der Waals surface area (Å²) in [6.07, 6.45) is -3.27. The quantitative estimate of drug-likeness (QED) is 0.118. The molecule has 4 amide bonds. The molecule has 0 heterocycles. The lowest BCUT2D eigenvalue weighted by molar-refractivity contribution is -0.145. The number of phenolic OH excluding ortho intramolecular Hbond substituents is 1. The van der Waals surface area contributed by atoms with Crippen LogP contribution in [0.1, 0.15) is 25.3 Å². The van der Waals surface area contributed by atoms with Crippen LogP contribution in [0, 0.1) is 0 Å². The Kier molecular flexibility index (Phi) is 11.3. The van der Waals surface area contributed by atoms with Crippen LogP contribution in [0.25, 0.3) is 0 Å². The van der Waals surface area contributed by atoms with Gasteiger partial charge in [-0.05, 0) is 31.0 Å². The van der Waals surface area contributed by atoms with Crippen molar-refractivity contribution in [2.75, 3.05) is 0 Å². The third-order valence-electron chi connectivity index (χ3n) is 4.82. The summed E-state index contributed by atoms with van der Waals surface area (Å²) in [5.41, 5.74) is 11.4. The van der Waals surface area contributed by atoms with Crippen molar-refractivity contribution in [2.24, 2.45) is 11.5 Å². The van der Waals surface area contributed by atoms with Gasteiger partial charge in [0.05, 0.1) is 25.0 Å². The standard InChI is InChI=1S/C21H29N5O10/c1-9(27)17(20(34)25-14(21(35)36)7-15(23)29)26-19(33)13(8-16(30)31)24-18(32)12(22)6-10-2-4-11(28)5-3-10/h2-5,9,12-14,17,27-28H,6-8,22H2,1H3,(H2,23,29)(H,24,32)(H,25,34)(H,26,33)(H,30,31)(H,35,36). The van der Waals surface area contributed by atoms with E-state index in [1.807, 2.05) is 5.32 Å². The summed E-state index contributed by atoms with van der Waals surface area (Å²) >= 11 is 0. The van der Waals surface area contributed by atoms with Crippen LogP contribution in [0.15, 0.2) is 24.3 Å². The highest BCUT2D eigenvalue weighted by atomic mass is 16.4. The molecule has 0 saturated carbocycles. The molecule has 1 rings (SSSR count). The number of amides is 4. The lowest BCUT2D eigenvalue weighted by atomic mass is 10.0. The highest BCUT2D eigenvalue weighted by Crippen LogP contribution is 2.11. The molecule has 5 atom stereocenters. The molecule has 0 aliphatic carbocycles. The molecule has 15 nitrogen and oxygen atoms in total. The van der Waals surface area contributed by atoms with Gasteiger partial charge in [-0.15, -0.1) is 0 Å². The monoisotopic (exact) mass is 511 g/mol. The number of carbonyl (C=O) groups excluding carboxylic acids is 4. The third kappa shape index (κ3) is 9.94. The number of phenols is 1. The molecule has 0 spiro atoms. The number of hydrogen-bond donors (Lipinski definition) is 9. The number of aromatic hydroxyl groups is 1. The van der Waals surface area contributed by atoms with E-state index >= 15 is 0 Å². The van der Waals surface area contributed by atoms with Crippen LogP contribution in [0.4, 0.5) is 0 Å². The van der Waals surface area contributed by atoms with Crippen LogP contribution in [0.5, 0.6) is 5.75 Å². The number of nitrogens with two attached hydrogens (primary N) is 2. The Labute approximate surface area is 204 Å². The van der Waals surface area contributed by atoms with Crippen molar-refractivity contribution in [3.8, 4) is 5.75 Å². The largest absolute Gasteiger partial charge is 0.508 e. The van der Waals surface area contributed by atoms with E-state index in [0.717, 1.165) is 6.92 Å². The molecular weight excluding hydrogens is 482 g/mol. The molecule has 0 bridgehead atoms. The molecule has 5 unspecified atom stereocenters. The first-order valence-corrected chi connectivity index (χ1v) is 10.6. The molecule has 0 aliphatic heterocycles. The number of carbonyl (C=O) groups is 6. The van der Waals surface area contributed by atoms with E-state index in [4.69, 9.17) is 21.7 Å². The number of nitrogens with one attached hydrogen (secondary N) is 3. The molecule has 198 valence electrons. The number of aliphatic carboxylic acids is 2. The van der Waals surface area contributed by atoms with Gasteiger partial charge in [0.15, 0.2) is 0 Å². The van der Waals surface area contributed by atoms with Crippen molar-refractivity contribution >= 4 is 35.6 Å². The zero-order valence-corrected chi connectivity index (χ0v) is 19.2. The molecular formula is C21H29N5O10. The maximum absolute atomic E-state index is 12.7. The second-order valence-corrected chi connectivity index (χ2v) is 7.93. The minimum atomic E-state index is -1.77. The van der Waals surface area contributed by atoms with E-state index in [0.29, 0.717) is 5.56 Å². The van der Waals surface area contributed by atoms with Crippen LogP contribution in [0.2, 0.25) is 0 Å². The molecule has 0 fully saturated rings. The summed E-state index contributed by atoms with van der Waals surface area (Å²) in [7, 11) is 0. The summed E-state index contributed by atoms with van der Waals surface area (Å²) in [6.45, 7) is 1.09. The van der Waals surface area contributed by atoms with Crippen molar-refractivity contribution < 1.29 is 49.2 Å². The lowest BCUT2D eigenvalue weighted by Crippen LogP contribution is -2.60. The Morgan fingerprint density at radius 3 is 1.89 bits per heavy atom. The Bertz CT molecular complexity index is 982. The summed E-state index contributed by atoms with van der Waals surface area (Å²) in [5, 5.41) is 43.7. The van der Waals surface area contributed by atoms with E-state index in [1.54, 1.807) is 0 Å². The first kappa shape index (κ1) is 29.8. The second-order valence-electron chi connectivity index (χ2n) is 7.93. The van der Waals surface area contributed by atoms with Crippen LogP contribution in [-0.2, 0) is 35.2 Å². The summed E-state index contributed by atoms with van der Waals surface area (Å²) in [4.78, 5) is 71.2. The number of aliphatic hydroxyl groups is 1. The topological polar surface area (TPSA) is 271 Å². The van der Waals surface area contributed by atoms with Gasteiger partial charge in [-0.25, -0.2) is 4.79 Å². The van der Waals surface area contributed by atoms with Gasteiger partial charge in [-0.2, -0.15) is 0 Å². The van der Waals surface area contributed by atoms with E-state index in [1.165, 1.54) is 24.3 Å². The van der Waals surface area contributed by atoms with E-state index in [2.05, 4.69) is 10.6 Å². The SMILES string of the molecule is CC(O)C(NC(=O)C(CC(=O)O)NC(=O)C(N)Cc1ccc(O)cc1)C(=O)NC(CC(N)=O)C(=O)O. The molecule has 0 saturated heterocycles. The van der Waals surface area contributed by atoms with Crippen molar-refractivity contribution in [3.63, 3.8) is 0 Å². The molecule has 0 aromatic heterocycles. The summed E-state index contributed by atoms with van der Waals surface area (Å²) in [5.74, 6) is -7.38. The predicted molar refractivity (Wildman–Crippen MR) is 121 cm³/mol. The Morgan fingerprint density at radius 2 is 1.42 bits per heavy atom. The van der Waals surface area contributed by atoms with Gasteiger partial charge in [0.2, 0.25) is 23.6 Å². The maximum Gasteiger partial charge on any atom is 0.326 e. The van der Waals surface area contributed by atoms with Crippen LogP contribution < -0.4 is 27.4 Å². The Balaban J connectivity index is 2.95. The maximum atomic E-state index is 12.7. The first-order valence-electron chi connectivity index (χ1n) is 10.6. The molecule has 0 aliphatic rings. The number of primary amides is 1. The Hall–Kier alpha value is -4.24. The summed E-state index contributed by atoms with van der Waals surface area (Å²) in [6, 6.07) is -0.667. The van der Waals surface area contributed by atoms with Crippen LogP contribution in [-0.4, -0.2) is 86.3 Å². The van der Waals surface area contributed by atoms with Crippen molar-refractivity contribution in [1.82, 2.24) is 16.0 Å². The van der Waals surface area contributed by atoms with Gasteiger partial charge in [0.1, 0.15) is 23.9 Å². The minimum absolute atomic E-state index is 0.00373. The molecule has 15 heteroatoms. The highest BCUT2D eigenvalue weighted by Gasteiger charge is 2.34. The molecule has 1 aromatic carbocycles. The molecule has 0 radical (unpaired) electrons. The molecule has 11 N–H and O–H groups in total. The normalized spacial score (nSPS) is 14.9. The van der Waals surface area contributed by atoms with E-state index in [9.17, 15) is 39.0 Å². The van der Waals surface area contributed by atoms with E-state index < -0.39 is 78.7 Å². The second kappa shape index (κ2) is 13.6. The lowest BCUT2D eigenvalue weighted by Gasteiger charge is -2.26. The zero-order valence-electron chi connectivity index (χ0n) is 19.2. The fourth-order valence-electron chi connectivity index (χ4n) is 2.96. The highest BCUT2D eigenvalue weighted by molar-refractivity contribution is 5.96.